The second-order valence-corrected chi connectivity index (χ2v) is 3.85. The summed E-state index contributed by atoms with van der Waals surface area (Å²) < 4.78 is 3.34. The number of hydrogen-bond acceptors (Lipinski definition) is 0. The first kappa shape index (κ1) is 23.4. The first-order chi connectivity index (χ1) is 7.61. The van der Waals surface area contributed by atoms with E-state index in [0.29, 0.717) is 0 Å². The Bertz CT molecular complexity index is 341. The van der Waals surface area contributed by atoms with E-state index in [2.05, 4.69) is 56.2 Å². The number of rotatable bonds is 0. The standard InChI is InChI=1S/C8H11.C6H7.CH2.2ClH.Zr/c1-6-4-5-7(2)8(6)3;1-6-4-2-3-5-6;;;;/h4H2,1-3H3;2,4H,3H2,1H3;1H2;2*1H;/q2*-1;;;;+2. The summed E-state index contributed by atoms with van der Waals surface area (Å²) in [5, 5.41) is 0. The number of allylic oxidation sites excluding steroid dienone is 8. The molecule has 0 spiro atoms. The molecule has 0 bridgehead atoms. The molecule has 0 amide bonds. The third-order valence-corrected chi connectivity index (χ3v) is 2.69. The minimum atomic E-state index is 0. The molecule has 0 nitrogen and oxygen atoms in total. The Balaban J connectivity index is -0.000000204. The van der Waals surface area contributed by atoms with Crippen molar-refractivity contribution in [2.75, 3.05) is 0 Å². The summed E-state index contributed by atoms with van der Waals surface area (Å²) in [7, 11) is 0. The van der Waals surface area contributed by atoms with Gasteiger partial charge in [0.2, 0.25) is 0 Å². The summed E-state index contributed by atoms with van der Waals surface area (Å²) in [6.07, 6.45) is 12.6. The van der Waals surface area contributed by atoms with Crippen LogP contribution in [-0.4, -0.2) is 4.21 Å². The van der Waals surface area contributed by atoms with E-state index in [1.54, 1.807) is 0 Å². The Morgan fingerprint density at radius 2 is 1.61 bits per heavy atom. The van der Waals surface area contributed by atoms with Crippen molar-refractivity contribution in [1.29, 1.82) is 0 Å². The second kappa shape index (κ2) is 13.7. The van der Waals surface area contributed by atoms with Crippen molar-refractivity contribution in [2.45, 2.75) is 40.5 Å². The van der Waals surface area contributed by atoms with Gasteiger partial charge in [0.05, 0.1) is 0 Å². The van der Waals surface area contributed by atoms with Crippen LogP contribution in [0, 0.1) is 12.2 Å². The molecule has 0 aromatic heterocycles. The molecule has 0 heterocycles. The van der Waals surface area contributed by atoms with Crippen molar-refractivity contribution >= 4 is 29.0 Å². The van der Waals surface area contributed by atoms with Gasteiger partial charge in [-0.05, 0) is 0 Å². The summed E-state index contributed by atoms with van der Waals surface area (Å²) >= 11 is 1.30. The number of halogens is 2. The van der Waals surface area contributed by atoms with E-state index >= 15 is 0 Å². The maximum absolute atomic E-state index is 3.34. The van der Waals surface area contributed by atoms with Crippen LogP contribution in [-0.2, 0) is 24.2 Å². The van der Waals surface area contributed by atoms with Crippen LogP contribution in [0.1, 0.15) is 40.5 Å². The zero-order valence-corrected chi connectivity index (χ0v) is 15.7. The average Bonchev–Trinajstić information content (AvgIpc) is 2.88. The Hall–Kier alpha value is 0.293. The molecule has 0 atom stereocenters. The normalized spacial score (nSPS) is 15.2. The predicted molar refractivity (Wildman–Crippen MR) is 83.2 cm³/mol. The molecule has 3 heteroatoms. The average molecular weight is 364 g/mol. The van der Waals surface area contributed by atoms with E-state index in [1.165, 1.54) is 46.5 Å². The first-order valence-corrected chi connectivity index (χ1v) is 7.18. The molecule has 2 aliphatic rings. The monoisotopic (exact) mass is 362 g/mol. The Morgan fingerprint density at radius 3 is 1.72 bits per heavy atom. The van der Waals surface area contributed by atoms with Crippen LogP contribution in [0.4, 0.5) is 0 Å². The Kier molecular flexibility index (Phi) is 17.8. The zero-order valence-electron chi connectivity index (χ0n) is 11.6. The summed E-state index contributed by atoms with van der Waals surface area (Å²) in [5.41, 5.74) is 5.52. The Morgan fingerprint density at radius 1 is 1.06 bits per heavy atom. The van der Waals surface area contributed by atoms with E-state index in [0.717, 1.165) is 12.8 Å². The molecule has 0 fully saturated rings. The molecular weight excluding hydrogens is 342 g/mol. The van der Waals surface area contributed by atoms with Gasteiger partial charge >= 0.3 is 28.4 Å². The predicted octanol–water partition coefficient (Wildman–Crippen LogP) is 4.98. The van der Waals surface area contributed by atoms with Crippen LogP contribution >= 0.6 is 24.8 Å². The van der Waals surface area contributed by atoms with E-state index < -0.39 is 0 Å². The van der Waals surface area contributed by atoms with Gasteiger partial charge in [-0.25, -0.2) is 17.2 Å². The fourth-order valence-corrected chi connectivity index (χ4v) is 1.36. The van der Waals surface area contributed by atoms with E-state index in [-0.39, 0.29) is 24.8 Å². The number of hydrogen-bond donors (Lipinski definition) is 0. The van der Waals surface area contributed by atoms with Crippen molar-refractivity contribution in [3.8, 4) is 0 Å². The van der Waals surface area contributed by atoms with Crippen LogP contribution < -0.4 is 0 Å². The van der Waals surface area contributed by atoms with E-state index in [1.807, 2.05) is 0 Å². The third kappa shape index (κ3) is 9.25. The maximum atomic E-state index is 3.34. The molecule has 0 radical (unpaired) electrons. The molecular formula is C15H22Cl2Zr. The fourth-order valence-electron chi connectivity index (χ4n) is 1.36. The van der Waals surface area contributed by atoms with Crippen LogP contribution in [0.3, 0.4) is 0 Å². The van der Waals surface area contributed by atoms with Crippen LogP contribution in [0.2, 0.25) is 0 Å². The van der Waals surface area contributed by atoms with Gasteiger partial charge in [-0.3, -0.25) is 12.2 Å². The molecule has 0 N–H and O–H groups in total. The van der Waals surface area contributed by atoms with Gasteiger partial charge in [-0.1, -0.05) is 20.8 Å². The molecule has 0 aliphatic heterocycles. The van der Waals surface area contributed by atoms with Crippen molar-refractivity contribution in [3.05, 3.63) is 46.6 Å². The van der Waals surface area contributed by atoms with Crippen molar-refractivity contribution in [3.63, 3.8) is 0 Å². The fraction of sp³-hybridized carbons (Fsp3) is 0.400. The SMILES string of the molecule is CC1=[C-]CC(C)=C1C.CC1=[C-]CC=C1.Cl.Cl.[CH2]=[Zr+2]. The molecule has 2 aliphatic carbocycles. The summed E-state index contributed by atoms with van der Waals surface area (Å²) in [6.45, 7) is 8.50. The molecule has 0 saturated heterocycles. The van der Waals surface area contributed by atoms with Crippen molar-refractivity contribution in [1.82, 2.24) is 0 Å². The van der Waals surface area contributed by atoms with Crippen LogP contribution in [0.5, 0.6) is 0 Å². The van der Waals surface area contributed by atoms with Gasteiger partial charge < -0.3 is 0 Å². The molecule has 0 saturated carbocycles. The van der Waals surface area contributed by atoms with Gasteiger partial charge in [0.1, 0.15) is 0 Å². The summed E-state index contributed by atoms with van der Waals surface area (Å²) in [6, 6.07) is 0. The molecule has 0 aromatic carbocycles. The van der Waals surface area contributed by atoms with Crippen LogP contribution in [0.25, 0.3) is 0 Å². The quantitative estimate of drug-likeness (QED) is 0.532. The first-order valence-electron chi connectivity index (χ1n) is 5.44. The third-order valence-electron chi connectivity index (χ3n) is 2.69. The zero-order chi connectivity index (χ0) is 12.6. The molecule has 100 valence electrons. The molecule has 18 heavy (non-hydrogen) atoms. The minimum absolute atomic E-state index is 0. The molecule has 0 unspecified atom stereocenters. The van der Waals surface area contributed by atoms with Gasteiger partial charge in [0.15, 0.2) is 0 Å². The molecule has 2 rings (SSSR count). The summed E-state index contributed by atoms with van der Waals surface area (Å²) in [5.74, 6) is 0. The van der Waals surface area contributed by atoms with Gasteiger partial charge in [0.25, 0.3) is 0 Å². The topological polar surface area (TPSA) is 0 Å². The molecule has 0 aromatic rings. The van der Waals surface area contributed by atoms with Crippen molar-refractivity contribution in [2.24, 2.45) is 0 Å². The van der Waals surface area contributed by atoms with E-state index in [9.17, 15) is 0 Å². The van der Waals surface area contributed by atoms with Crippen molar-refractivity contribution < 1.29 is 24.2 Å². The van der Waals surface area contributed by atoms with Crippen LogP contribution in [0.15, 0.2) is 34.4 Å². The Labute approximate surface area is 139 Å². The summed E-state index contributed by atoms with van der Waals surface area (Å²) in [4.78, 5) is 0. The second-order valence-electron chi connectivity index (χ2n) is 3.85. The van der Waals surface area contributed by atoms with Gasteiger partial charge in [-0.15, -0.1) is 44.6 Å². The van der Waals surface area contributed by atoms with Gasteiger partial charge in [-0.2, -0.15) is 17.2 Å². The van der Waals surface area contributed by atoms with E-state index in [4.69, 9.17) is 0 Å². The van der Waals surface area contributed by atoms with Gasteiger partial charge in [0, 0.05) is 0 Å².